The molecule has 3 rings (SSSR count). The number of amides is 3. The van der Waals surface area contributed by atoms with Crippen LogP contribution < -0.4 is 5.32 Å². The lowest BCUT2D eigenvalue weighted by Gasteiger charge is -2.11. The minimum atomic E-state index is -4.51. The number of nitrogens with zero attached hydrogens (tertiary/aromatic N) is 2. The second-order valence-electron chi connectivity index (χ2n) is 5.62. The lowest BCUT2D eigenvalue weighted by atomic mass is 10.2. The third-order valence-corrected chi connectivity index (χ3v) is 3.78. The summed E-state index contributed by atoms with van der Waals surface area (Å²) in [6.07, 6.45) is -1.74. The first kappa shape index (κ1) is 18.2. The molecule has 0 unspecified atom stereocenters. The number of urea groups is 1. The van der Waals surface area contributed by atoms with Crippen LogP contribution in [0.4, 0.5) is 18.0 Å². The van der Waals surface area contributed by atoms with Crippen LogP contribution in [0, 0.1) is 0 Å². The first-order valence-electron chi connectivity index (χ1n) is 7.58. The highest BCUT2D eigenvalue weighted by Crippen LogP contribution is 2.30. The maximum atomic E-state index is 12.9. The van der Waals surface area contributed by atoms with Gasteiger partial charge in [-0.05, 0) is 36.4 Å². The van der Waals surface area contributed by atoms with Crippen LogP contribution in [0.3, 0.4) is 0 Å². The van der Waals surface area contributed by atoms with Crippen LogP contribution in [-0.2, 0) is 15.8 Å². The third-order valence-electron chi connectivity index (χ3n) is 3.78. The Morgan fingerprint density at radius 1 is 1.19 bits per heavy atom. The fourth-order valence-electron chi connectivity index (χ4n) is 2.58. The standard InChI is InChI=1S/C17H12F3N3O4/c18-17(19,20)10-3-1-4-11(7-10)22-6-2-5-12(22)8-13-15(26)23(9-14(24)25)16(27)21-13/h1-8H,9H2,(H,21,27)(H,24,25)/b13-8+. The van der Waals surface area contributed by atoms with E-state index >= 15 is 0 Å². The second kappa shape index (κ2) is 6.63. The molecular formula is C17H12F3N3O4. The lowest BCUT2D eigenvalue weighted by Crippen LogP contribution is -2.35. The molecule has 3 amide bonds. The molecule has 1 saturated heterocycles. The second-order valence-corrected chi connectivity index (χ2v) is 5.62. The molecule has 0 aliphatic carbocycles. The SMILES string of the molecule is O=C(O)CN1C(=O)N/C(=C/c2cccn2-c2cccc(C(F)(F)F)c2)C1=O. The molecule has 2 N–H and O–H groups in total. The summed E-state index contributed by atoms with van der Waals surface area (Å²) in [4.78, 5) is 35.1. The van der Waals surface area contributed by atoms with Crippen molar-refractivity contribution in [1.29, 1.82) is 0 Å². The Hall–Kier alpha value is -3.56. The van der Waals surface area contributed by atoms with Crippen molar-refractivity contribution < 1.29 is 32.7 Å². The monoisotopic (exact) mass is 379 g/mol. The topological polar surface area (TPSA) is 91.6 Å². The molecule has 1 aliphatic heterocycles. The molecule has 1 aromatic carbocycles. The number of carboxylic acids is 1. The van der Waals surface area contributed by atoms with Gasteiger partial charge >= 0.3 is 18.2 Å². The average Bonchev–Trinajstić information content (AvgIpc) is 3.14. The Labute approximate surface area is 150 Å². The van der Waals surface area contributed by atoms with E-state index in [9.17, 15) is 27.6 Å². The predicted octanol–water partition coefficient (Wildman–Crippen LogP) is 2.47. The fraction of sp³-hybridized carbons (Fsp3) is 0.118. The van der Waals surface area contributed by atoms with Gasteiger partial charge in [-0.1, -0.05) is 6.07 Å². The van der Waals surface area contributed by atoms with Gasteiger partial charge in [-0.15, -0.1) is 0 Å². The number of nitrogens with one attached hydrogen (secondary N) is 1. The quantitative estimate of drug-likeness (QED) is 0.631. The number of carbonyl (C=O) groups excluding carboxylic acids is 2. The number of rotatable bonds is 4. The Bertz CT molecular complexity index is 962. The summed E-state index contributed by atoms with van der Waals surface area (Å²) in [5, 5.41) is 11.0. The fourth-order valence-corrected chi connectivity index (χ4v) is 2.58. The molecule has 7 nitrogen and oxygen atoms in total. The number of hydrogen-bond acceptors (Lipinski definition) is 3. The maximum absolute atomic E-state index is 12.9. The van der Waals surface area contributed by atoms with Crippen molar-refractivity contribution in [2.24, 2.45) is 0 Å². The molecule has 2 heterocycles. The molecule has 1 aromatic heterocycles. The molecule has 0 radical (unpaired) electrons. The molecular weight excluding hydrogens is 367 g/mol. The van der Waals surface area contributed by atoms with E-state index in [1.54, 1.807) is 6.07 Å². The molecule has 27 heavy (non-hydrogen) atoms. The van der Waals surface area contributed by atoms with Crippen molar-refractivity contribution in [3.05, 3.63) is 59.5 Å². The van der Waals surface area contributed by atoms with Crippen LogP contribution in [0.1, 0.15) is 11.3 Å². The lowest BCUT2D eigenvalue weighted by molar-refractivity contribution is -0.140. The Balaban J connectivity index is 1.95. The van der Waals surface area contributed by atoms with Crippen LogP contribution in [-0.4, -0.2) is 39.0 Å². The number of aliphatic carboxylic acids is 1. The highest BCUT2D eigenvalue weighted by Gasteiger charge is 2.35. The van der Waals surface area contributed by atoms with Crippen LogP contribution >= 0.6 is 0 Å². The smallest absolute Gasteiger partial charge is 0.416 e. The van der Waals surface area contributed by atoms with Gasteiger partial charge in [0.2, 0.25) is 0 Å². The molecule has 140 valence electrons. The zero-order valence-electron chi connectivity index (χ0n) is 13.5. The number of aromatic nitrogens is 1. The predicted molar refractivity (Wildman–Crippen MR) is 86.6 cm³/mol. The van der Waals surface area contributed by atoms with E-state index in [2.05, 4.69) is 5.32 Å². The Kier molecular flexibility index (Phi) is 4.48. The summed E-state index contributed by atoms with van der Waals surface area (Å²) in [5.74, 6) is -2.19. The van der Waals surface area contributed by atoms with E-state index in [0.717, 1.165) is 12.1 Å². The highest BCUT2D eigenvalue weighted by molar-refractivity contribution is 6.15. The van der Waals surface area contributed by atoms with Gasteiger partial charge in [-0.3, -0.25) is 9.59 Å². The van der Waals surface area contributed by atoms with Crippen molar-refractivity contribution >= 4 is 24.0 Å². The van der Waals surface area contributed by atoms with Crippen molar-refractivity contribution in [3.63, 3.8) is 0 Å². The van der Waals surface area contributed by atoms with E-state index < -0.39 is 36.2 Å². The summed E-state index contributed by atoms with van der Waals surface area (Å²) in [6.45, 7) is -0.795. The molecule has 0 spiro atoms. The summed E-state index contributed by atoms with van der Waals surface area (Å²) in [6, 6.07) is 6.82. The van der Waals surface area contributed by atoms with E-state index in [0.29, 0.717) is 10.6 Å². The van der Waals surface area contributed by atoms with Gasteiger partial charge in [-0.2, -0.15) is 13.2 Å². The first-order valence-corrected chi connectivity index (χ1v) is 7.58. The van der Waals surface area contributed by atoms with Gasteiger partial charge in [0.1, 0.15) is 12.2 Å². The van der Waals surface area contributed by atoms with E-state index in [1.807, 2.05) is 0 Å². The van der Waals surface area contributed by atoms with E-state index in [4.69, 9.17) is 5.11 Å². The molecule has 2 aromatic rings. The molecule has 0 atom stereocenters. The number of carbonyl (C=O) groups is 3. The summed E-state index contributed by atoms with van der Waals surface area (Å²) < 4.78 is 40.1. The maximum Gasteiger partial charge on any atom is 0.416 e. The van der Waals surface area contributed by atoms with Crippen LogP contribution in [0.5, 0.6) is 0 Å². The van der Waals surface area contributed by atoms with Crippen LogP contribution in [0.2, 0.25) is 0 Å². The minimum Gasteiger partial charge on any atom is -0.480 e. The number of carboxylic acid groups (broad SMARTS) is 1. The molecule has 0 bridgehead atoms. The van der Waals surface area contributed by atoms with E-state index in [1.165, 1.54) is 35.0 Å². The number of benzene rings is 1. The average molecular weight is 379 g/mol. The molecule has 1 fully saturated rings. The molecule has 1 aliphatic rings. The molecule has 10 heteroatoms. The van der Waals surface area contributed by atoms with Crippen LogP contribution in [0.25, 0.3) is 11.8 Å². The number of alkyl halides is 3. The minimum absolute atomic E-state index is 0.173. The third kappa shape index (κ3) is 3.68. The number of halogens is 3. The largest absolute Gasteiger partial charge is 0.480 e. The summed E-state index contributed by atoms with van der Waals surface area (Å²) in [7, 11) is 0. The summed E-state index contributed by atoms with van der Waals surface area (Å²) >= 11 is 0. The Morgan fingerprint density at radius 3 is 2.59 bits per heavy atom. The van der Waals surface area contributed by atoms with Gasteiger partial charge in [0.25, 0.3) is 5.91 Å². The zero-order valence-corrected chi connectivity index (χ0v) is 13.5. The highest BCUT2D eigenvalue weighted by atomic mass is 19.4. The van der Waals surface area contributed by atoms with Gasteiger partial charge in [0, 0.05) is 17.6 Å². The van der Waals surface area contributed by atoms with Crippen molar-refractivity contribution in [3.8, 4) is 5.69 Å². The van der Waals surface area contributed by atoms with Crippen LogP contribution in [0.15, 0.2) is 48.3 Å². The zero-order chi connectivity index (χ0) is 19.8. The number of imide groups is 1. The first-order chi connectivity index (χ1) is 12.7. The summed E-state index contributed by atoms with van der Waals surface area (Å²) in [5.41, 5.74) is -0.464. The van der Waals surface area contributed by atoms with Gasteiger partial charge < -0.3 is 15.0 Å². The Morgan fingerprint density at radius 2 is 1.93 bits per heavy atom. The van der Waals surface area contributed by atoms with Gasteiger partial charge in [-0.25, -0.2) is 9.69 Å². The normalized spacial score (nSPS) is 16.1. The van der Waals surface area contributed by atoms with Crippen molar-refractivity contribution in [1.82, 2.24) is 14.8 Å². The van der Waals surface area contributed by atoms with E-state index in [-0.39, 0.29) is 11.4 Å². The van der Waals surface area contributed by atoms with Gasteiger partial charge in [0.15, 0.2) is 0 Å². The number of hydrogen-bond donors (Lipinski definition) is 2. The van der Waals surface area contributed by atoms with Gasteiger partial charge in [0.05, 0.1) is 5.56 Å². The molecule has 0 saturated carbocycles. The van der Waals surface area contributed by atoms with Crippen molar-refractivity contribution in [2.45, 2.75) is 6.18 Å². The van der Waals surface area contributed by atoms with Crippen molar-refractivity contribution in [2.75, 3.05) is 6.54 Å².